The van der Waals surface area contributed by atoms with Crippen LogP contribution in [-0.2, 0) is 4.79 Å². The minimum Gasteiger partial charge on any atom is -0.497 e. The van der Waals surface area contributed by atoms with Crippen LogP contribution in [0.3, 0.4) is 0 Å². The summed E-state index contributed by atoms with van der Waals surface area (Å²) >= 11 is 0. The molecule has 0 saturated heterocycles. The maximum atomic E-state index is 12.5. The molecule has 1 aromatic carbocycles. The van der Waals surface area contributed by atoms with Crippen molar-refractivity contribution in [1.82, 2.24) is 0 Å². The lowest BCUT2D eigenvalue weighted by Crippen LogP contribution is -2.17. The van der Waals surface area contributed by atoms with Crippen LogP contribution in [0.2, 0.25) is 0 Å². The van der Waals surface area contributed by atoms with Gasteiger partial charge in [-0.1, -0.05) is 24.6 Å². The molecule has 0 aliphatic heterocycles. The van der Waals surface area contributed by atoms with Crippen LogP contribution in [0.4, 0.5) is 0 Å². The van der Waals surface area contributed by atoms with Gasteiger partial charge in [0, 0.05) is 17.9 Å². The average Bonchev–Trinajstić information content (AvgIpc) is 2.72. The van der Waals surface area contributed by atoms with E-state index in [4.69, 9.17) is 9.47 Å². The lowest BCUT2D eigenvalue weighted by molar-refractivity contribution is -0.116. The minimum absolute atomic E-state index is 0.0480. The van der Waals surface area contributed by atoms with E-state index in [9.17, 15) is 4.79 Å². The standard InChI is InChI=1S/C21H26O3/c1-13-8-10-16-17(6-5-7-19(16)22)21(14(13)2)18-12-15(23-3)9-11-20(18)24-4/h9,11-13,21H,2,5-8,10H2,1,3-4H3/t13-,21-/m1/s1. The van der Waals surface area contributed by atoms with Crippen LogP contribution < -0.4 is 9.47 Å². The Balaban J connectivity index is 2.19. The van der Waals surface area contributed by atoms with Crippen LogP contribution in [0.15, 0.2) is 41.5 Å². The second kappa shape index (κ2) is 6.84. The summed E-state index contributed by atoms with van der Waals surface area (Å²) in [5.41, 5.74) is 4.55. The molecule has 2 aliphatic rings. The number of ether oxygens (including phenoxy) is 2. The van der Waals surface area contributed by atoms with Crippen LogP contribution in [0, 0.1) is 5.92 Å². The molecule has 0 saturated carbocycles. The number of hydrogen-bond acceptors (Lipinski definition) is 3. The molecule has 3 heteroatoms. The molecule has 0 radical (unpaired) electrons. The maximum Gasteiger partial charge on any atom is 0.158 e. The first-order chi connectivity index (χ1) is 11.6. The van der Waals surface area contributed by atoms with E-state index >= 15 is 0 Å². The number of rotatable bonds is 3. The van der Waals surface area contributed by atoms with E-state index in [-0.39, 0.29) is 5.92 Å². The molecule has 3 rings (SSSR count). The molecule has 2 atom stereocenters. The lowest BCUT2D eigenvalue weighted by atomic mass is 9.76. The predicted molar refractivity (Wildman–Crippen MR) is 95.7 cm³/mol. The van der Waals surface area contributed by atoms with Crippen molar-refractivity contribution in [3.05, 3.63) is 47.1 Å². The minimum atomic E-state index is 0.0480. The van der Waals surface area contributed by atoms with E-state index < -0.39 is 0 Å². The summed E-state index contributed by atoms with van der Waals surface area (Å²) in [6.45, 7) is 6.63. The van der Waals surface area contributed by atoms with Gasteiger partial charge in [0.15, 0.2) is 5.78 Å². The van der Waals surface area contributed by atoms with Gasteiger partial charge in [-0.3, -0.25) is 4.79 Å². The van der Waals surface area contributed by atoms with E-state index in [1.165, 1.54) is 11.1 Å². The smallest absolute Gasteiger partial charge is 0.158 e. The number of methoxy groups -OCH3 is 2. The number of benzene rings is 1. The van der Waals surface area contributed by atoms with Gasteiger partial charge >= 0.3 is 0 Å². The van der Waals surface area contributed by atoms with Crippen LogP contribution in [-0.4, -0.2) is 20.0 Å². The van der Waals surface area contributed by atoms with E-state index in [0.717, 1.165) is 48.3 Å². The Morgan fingerprint density at radius 3 is 2.62 bits per heavy atom. The van der Waals surface area contributed by atoms with Gasteiger partial charge in [-0.25, -0.2) is 0 Å². The predicted octanol–water partition coefficient (Wildman–Crippen LogP) is 4.82. The van der Waals surface area contributed by atoms with E-state index in [2.05, 4.69) is 13.5 Å². The summed E-state index contributed by atoms with van der Waals surface area (Å²) in [5.74, 6) is 2.39. The summed E-state index contributed by atoms with van der Waals surface area (Å²) < 4.78 is 11.1. The Labute approximate surface area is 144 Å². The van der Waals surface area contributed by atoms with Crippen molar-refractivity contribution >= 4 is 5.78 Å². The van der Waals surface area contributed by atoms with Crippen LogP contribution in [0.5, 0.6) is 11.5 Å². The number of carbonyl (C=O) groups excluding carboxylic acids is 1. The second-order valence-electron chi connectivity index (χ2n) is 6.84. The SMILES string of the molecule is C=C1[C@@H](c2cc(OC)ccc2OC)C2=C(CC[C@H]1C)C(=O)CCC2. The van der Waals surface area contributed by atoms with Gasteiger partial charge in [-0.15, -0.1) is 0 Å². The van der Waals surface area contributed by atoms with E-state index in [1.807, 2.05) is 18.2 Å². The number of carbonyl (C=O) groups is 1. The maximum absolute atomic E-state index is 12.5. The van der Waals surface area contributed by atoms with Gasteiger partial charge < -0.3 is 9.47 Å². The highest BCUT2D eigenvalue weighted by Crippen LogP contribution is 2.48. The monoisotopic (exact) mass is 326 g/mol. The first kappa shape index (κ1) is 16.8. The van der Waals surface area contributed by atoms with Crippen LogP contribution in [0.25, 0.3) is 0 Å². The Kier molecular flexibility index (Phi) is 4.79. The molecule has 0 amide bonds. The quantitative estimate of drug-likeness (QED) is 0.747. The summed E-state index contributed by atoms with van der Waals surface area (Å²) in [5, 5.41) is 0. The molecule has 24 heavy (non-hydrogen) atoms. The Morgan fingerprint density at radius 2 is 1.92 bits per heavy atom. The molecular weight excluding hydrogens is 300 g/mol. The summed E-state index contributed by atoms with van der Waals surface area (Å²) in [4.78, 5) is 12.5. The highest BCUT2D eigenvalue weighted by Gasteiger charge is 2.34. The molecule has 0 fully saturated rings. The topological polar surface area (TPSA) is 35.5 Å². The first-order valence-electron chi connectivity index (χ1n) is 8.72. The molecule has 128 valence electrons. The fourth-order valence-electron chi connectivity index (χ4n) is 4.05. The molecule has 0 spiro atoms. The fraction of sp³-hybridized carbons (Fsp3) is 0.476. The molecule has 0 unspecified atom stereocenters. The zero-order valence-corrected chi connectivity index (χ0v) is 14.9. The molecule has 0 aromatic heterocycles. The van der Waals surface area contributed by atoms with Crippen LogP contribution in [0.1, 0.15) is 50.5 Å². The fourth-order valence-corrected chi connectivity index (χ4v) is 4.05. The molecule has 3 nitrogen and oxygen atoms in total. The van der Waals surface area contributed by atoms with Crippen LogP contribution >= 0.6 is 0 Å². The largest absolute Gasteiger partial charge is 0.497 e. The molecule has 0 bridgehead atoms. The molecule has 0 heterocycles. The number of hydrogen-bond donors (Lipinski definition) is 0. The molecule has 0 N–H and O–H groups in total. The zero-order chi connectivity index (χ0) is 17.3. The number of ketones is 1. The van der Waals surface area contributed by atoms with Crippen molar-refractivity contribution in [2.24, 2.45) is 5.92 Å². The summed E-state index contributed by atoms with van der Waals surface area (Å²) in [6, 6.07) is 5.89. The molecular formula is C21H26O3. The van der Waals surface area contributed by atoms with Crippen molar-refractivity contribution in [3.8, 4) is 11.5 Å². The van der Waals surface area contributed by atoms with Gasteiger partial charge in [0.25, 0.3) is 0 Å². The van der Waals surface area contributed by atoms with Crippen molar-refractivity contribution in [1.29, 1.82) is 0 Å². The zero-order valence-electron chi connectivity index (χ0n) is 14.9. The third kappa shape index (κ3) is 2.88. The highest BCUT2D eigenvalue weighted by atomic mass is 16.5. The van der Waals surface area contributed by atoms with Gasteiger partial charge in [0.1, 0.15) is 11.5 Å². The second-order valence-corrected chi connectivity index (χ2v) is 6.84. The first-order valence-corrected chi connectivity index (χ1v) is 8.72. The van der Waals surface area contributed by atoms with Crippen molar-refractivity contribution < 1.29 is 14.3 Å². The van der Waals surface area contributed by atoms with Gasteiger partial charge in [-0.2, -0.15) is 0 Å². The normalized spacial score (nSPS) is 24.5. The van der Waals surface area contributed by atoms with Gasteiger partial charge in [0.05, 0.1) is 14.2 Å². The van der Waals surface area contributed by atoms with E-state index in [1.54, 1.807) is 14.2 Å². The third-order valence-electron chi connectivity index (χ3n) is 5.50. The highest BCUT2D eigenvalue weighted by molar-refractivity contribution is 5.97. The Hall–Kier alpha value is -2.03. The van der Waals surface area contributed by atoms with Crippen molar-refractivity contribution in [3.63, 3.8) is 0 Å². The number of Topliss-reactive ketones (excluding diaryl/α,β-unsaturated/α-hetero) is 1. The summed E-state index contributed by atoms with van der Waals surface area (Å²) in [6.07, 6.45) is 4.45. The molecule has 1 aromatic rings. The number of allylic oxidation sites excluding steroid dienone is 3. The van der Waals surface area contributed by atoms with Crippen molar-refractivity contribution in [2.45, 2.75) is 44.9 Å². The average molecular weight is 326 g/mol. The third-order valence-corrected chi connectivity index (χ3v) is 5.50. The summed E-state index contributed by atoms with van der Waals surface area (Å²) in [7, 11) is 3.36. The lowest BCUT2D eigenvalue weighted by Gasteiger charge is -2.29. The van der Waals surface area contributed by atoms with Gasteiger partial charge in [0.2, 0.25) is 0 Å². The molecule has 2 aliphatic carbocycles. The Bertz CT molecular complexity index is 699. The van der Waals surface area contributed by atoms with Gasteiger partial charge in [-0.05, 0) is 55.4 Å². The Morgan fingerprint density at radius 1 is 1.12 bits per heavy atom. The van der Waals surface area contributed by atoms with Crippen molar-refractivity contribution in [2.75, 3.05) is 14.2 Å². The van der Waals surface area contributed by atoms with E-state index in [0.29, 0.717) is 18.1 Å².